The fraction of sp³-hybridized carbons (Fsp3) is 0.696. The van der Waals surface area contributed by atoms with Crippen LogP contribution < -0.4 is 10.6 Å². The molecule has 2 N–H and O–H groups in total. The van der Waals surface area contributed by atoms with Crippen LogP contribution >= 0.6 is 35.6 Å². The average Bonchev–Trinajstić information content (AvgIpc) is 2.72. The van der Waals surface area contributed by atoms with Gasteiger partial charge >= 0.3 is 0 Å². The maximum absolute atomic E-state index is 13.4. The number of benzene rings is 1. The quantitative estimate of drug-likeness (QED) is 0.191. The Bertz CT molecular complexity index is 678. The Morgan fingerprint density at radius 1 is 1.10 bits per heavy atom. The fourth-order valence-corrected chi connectivity index (χ4v) is 4.16. The molecule has 0 atom stereocenters. The van der Waals surface area contributed by atoms with Crippen molar-refractivity contribution in [3.8, 4) is 0 Å². The van der Waals surface area contributed by atoms with Crippen LogP contribution in [0.1, 0.15) is 46.1 Å². The number of halogens is 3. The van der Waals surface area contributed by atoms with Crippen LogP contribution in [0.4, 0.5) is 4.39 Å². The minimum Gasteiger partial charge on any atom is -0.357 e. The summed E-state index contributed by atoms with van der Waals surface area (Å²) in [6.45, 7) is 17.8. The summed E-state index contributed by atoms with van der Waals surface area (Å²) in [6, 6.07) is 4.58. The Balaban J connectivity index is 0.00000480. The van der Waals surface area contributed by atoms with E-state index >= 15 is 0 Å². The molecule has 1 heterocycles. The predicted octanol–water partition coefficient (Wildman–Crippen LogP) is 4.35. The minimum absolute atomic E-state index is 0. The molecule has 0 radical (unpaired) electrons. The van der Waals surface area contributed by atoms with Gasteiger partial charge in [0.15, 0.2) is 5.96 Å². The second kappa shape index (κ2) is 14.5. The SMILES string of the molecule is CCNC(=NCC(C)(C)c1ccc(F)cc1Cl)NCCCCN1CCN(CC)CC1.I. The van der Waals surface area contributed by atoms with Gasteiger partial charge in [0.05, 0.1) is 6.54 Å². The Kier molecular flexibility index (Phi) is 13.3. The number of hydrogen-bond donors (Lipinski definition) is 2. The number of aliphatic imine (C=N–C) groups is 1. The van der Waals surface area contributed by atoms with Gasteiger partial charge in [-0.1, -0.05) is 38.4 Å². The number of unbranched alkanes of at least 4 members (excludes halogenated alkanes) is 1. The van der Waals surface area contributed by atoms with Gasteiger partial charge in [-0.2, -0.15) is 0 Å². The van der Waals surface area contributed by atoms with Crippen molar-refractivity contribution in [2.24, 2.45) is 4.99 Å². The maximum atomic E-state index is 13.4. The highest BCUT2D eigenvalue weighted by Gasteiger charge is 2.23. The first-order valence-corrected chi connectivity index (χ1v) is 11.7. The van der Waals surface area contributed by atoms with Gasteiger partial charge in [-0.05, 0) is 50.6 Å². The summed E-state index contributed by atoms with van der Waals surface area (Å²) in [6.07, 6.45) is 2.31. The smallest absolute Gasteiger partial charge is 0.191 e. The number of nitrogens with zero attached hydrogens (tertiary/aromatic N) is 3. The Hall–Kier alpha value is -0.640. The summed E-state index contributed by atoms with van der Waals surface area (Å²) in [7, 11) is 0. The molecule has 1 fully saturated rings. The molecule has 1 aromatic rings. The first-order valence-electron chi connectivity index (χ1n) is 11.3. The van der Waals surface area contributed by atoms with Crippen molar-refractivity contribution in [1.29, 1.82) is 0 Å². The van der Waals surface area contributed by atoms with Gasteiger partial charge in [-0.3, -0.25) is 4.99 Å². The van der Waals surface area contributed by atoms with Gasteiger partial charge in [0, 0.05) is 49.7 Å². The number of guanidine groups is 1. The van der Waals surface area contributed by atoms with Crippen LogP contribution in [0.15, 0.2) is 23.2 Å². The molecule has 1 saturated heterocycles. The monoisotopic (exact) mass is 567 g/mol. The molecule has 31 heavy (non-hydrogen) atoms. The second-order valence-electron chi connectivity index (χ2n) is 8.61. The molecule has 1 aromatic carbocycles. The third kappa shape index (κ3) is 9.80. The van der Waals surface area contributed by atoms with E-state index in [2.05, 4.69) is 48.1 Å². The molecule has 0 bridgehead atoms. The molecule has 1 aliphatic rings. The van der Waals surface area contributed by atoms with E-state index in [0.717, 1.165) is 37.6 Å². The zero-order valence-electron chi connectivity index (χ0n) is 19.5. The van der Waals surface area contributed by atoms with E-state index in [0.29, 0.717) is 11.6 Å². The molecule has 0 spiro atoms. The van der Waals surface area contributed by atoms with Gasteiger partial charge in [-0.25, -0.2) is 4.39 Å². The highest BCUT2D eigenvalue weighted by molar-refractivity contribution is 14.0. The lowest BCUT2D eigenvalue weighted by molar-refractivity contribution is 0.136. The summed E-state index contributed by atoms with van der Waals surface area (Å²) in [5, 5.41) is 7.21. The van der Waals surface area contributed by atoms with E-state index in [1.165, 1.54) is 51.3 Å². The van der Waals surface area contributed by atoms with Gasteiger partial charge in [0.2, 0.25) is 0 Å². The first-order chi connectivity index (χ1) is 14.4. The van der Waals surface area contributed by atoms with Crippen LogP contribution in [-0.2, 0) is 5.41 Å². The van der Waals surface area contributed by atoms with Crippen LogP contribution in [0.5, 0.6) is 0 Å². The summed E-state index contributed by atoms with van der Waals surface area (Å²) in [5.74, 6) is 0.505. The topological polar surface area (TPSA) is 42.9 Å². The molecule has 0 amide bonds. The van der Waals surface area contributed by atoms with Gasteiger partial charge in [0.1, 0.15) is 5.82 Å². The molecule has 0 aliphatic carbocycles. The molecule has 0 unspecified atom stereocenters. The average molecular weight is 568 g/mol. The Morgan fingerprint density at radius 3 is 2.39 bits per heavy atom. The van der Waals surface area contributed by atoms with Crippen molar-refractivity contribution in [3.63, 3.8) is 0 Å². The van der Waals surface area contributed by atoms with Crippen LogP contribution in [0, 0.1) is 5.82 Å². The molecular weight excluding hydrogens is 528 g/mol. The van der Waals surface area contributed by atoms with E-state index in [1.807, 2.05) is 0 Å². The molecule has 2 rings (SSSR count). The second-order valence-corrected chi connectivity index (χ2v) is 9.02. The molecule has 0 saturated carbocycles. The van der Waals surface area contributed by atoms with Crippen LogP contribution in [0.2, 0.25) is 5.02 Å². The lowest BCUT2D eigenvalue weighted by Crippen LogP contribution is -2.46. The summed E-state index contributed by atoms with van der Waals surface area (Å²) in [5.41, 5.74) is 0.627. The van der Waals surface area contributed by atoms with E-state index in [1.54, 1.807) is 6.07 Å². The largest absolute Gasteiger partial charge is 0.357 e. The van der Waals surface area contributed by atoms with E-state index in [4.69, 9.17) is 16.6 Å². The summed E-state index contributed by atoms with van der Waals surface area (Å²) >= 11 is 6.26. The Labute approximate surface area is 210 Å². The van der Waals surface area contributed by atoms with E-state index in [-0.39, 0.29) is 35.2 Å². The number of piperazine rings is 1. The number of rotatable bonds is 10. The van der Waals surface area contributed by atoms with Gasteiger partial charge in [0.25, 0.3) is 0 Å². The zero-order valence-corrected chi connectivity index (χ0v) is 22.6. The molecule has 0 aromatic heterocycles. The highest BCUT2D eigenvalue weighted by atomic mass is 127. The third-order valence-corrected chi connectivity index (χ3v) is 6.06. The van der Waals surface area contributed by atoms with Crippen LogP contribution in [-0.4, -0.2) is 74.7 Å². The van der Waals surface area contributed by atoms with Crippen molar-refractivity contribution in [3.05, 3.63) is 34.6 Å². The third-order valence-electron chi connectivity index (χ3n) is 5.74. The first kappa shape index (κ1) is 28.4. The number of hydrogen-bond acceptors (Lipinski definition) is 3. The molecule has 1 aliphatic heterocycles. The number of nitrogens with one attached hydrogen (secondary N) is 2. The van der Waals surface area contributed by atoms with Crippen LogP contribution in [0.3, 0.4) is 0 Å². The van der Waals surface area contributed by atoms with Gasteiger partial charge in [-0.15, -0.1) is 24.0 Å². The van der Waals surface area contributed by atoms with E-state index < -0.39 is 0 Å². The number of likely N-dealkylation sites (N-methyl/N-ethyl adjacent to an activating group) is 1. The standard InChI is InChI=1S/C23H39ClFN5.HI/c1-5-26-22(27-11-7-8-12-30-15-13-29(6-2)14-16-30)28-18-23(3,4)20-10-9-19(25)17-21(20)24;/h9-10,17H,5-8,11-16,18H2,1-4H3,(H2,26,27,28);1H. The molecule has 5 nitrogen and oxygen atoms in total. The van der Waals surface area contributed by atoms with Gasteiger partial charge < -0.3 is 20.4 Å². The Morgan fingerprint density at radius 2 is 1.77 bits per heavy atom. The van der Waals surface area contributed by atoms with Crippen LogP contribution in [0.25, 0.3) is 0 Å². The minimum atomic E-state index is -0.315. The van der Waals surface area contributed by atoms with Crippen molar-refractivity contribution in [1.82, 2.24) is 20.4 Å². The van der Waals surface area contributed by atoms with Crippen molar-refractivity contribution >= 4 is 41.5 Å². The van der Waals surface area contributed by atoms with Crippen molar-refractivity contribution in [2.45, 2.75) is 46.0 Å². The summed E-state index contributed by atoms with van der Waals surface area (Å²) in [4.78, 5) is 9.84. The van der Waals surface area contributed by atoms with Crippen molar-refractivity contribution < 1.29 is 4.39 Å². The zero-order chi connectivity index (χ0) is 22.0. The molecule has 8 heteroatoms. The lowest BCUT2D eigenvalue weighted by atomic mass is 9.84. The highest BCUT2D eigenvalue weighted by Crippen LogP contribution is 2.30. The lowest BCUT2D eigenvalue weighted by Gasteiger charge is -2.34. The predicted molar refractivity (Wildman–Crippen MR) is 142 cm³/mol. The fourth-order valence-electron chi connectivity index (χ4n) is 3.74. The molecular formula is C23H40ClFIN5. The van der Waals surface area contributed by atoms with Crippen molar-refractivity contribution in [2.75, 3.05) is 58.9 Å². The van der Waals surface area contributed by atoms with E-state index in [9.17, 15) is 4.39 Å². The maximum Gasteiger partial charge on any atom is 0.191 e. The summed E-state index contributed by atoms with van der Waals surface area (Å²) < 4.78 is 13.4. The molecule has 178 valence electrons. The normalized spacial score (nSPS) is 16.1.